The second kappa shape index (κ2) is 8.24. The van der Waals surface area contributed by atoms with Crippen molar-refractivity contribution in [1.29, 1.82) is 0 Å². The zero-order valence-corrected chi connectivity index (χ0v) is 14.0. The van der Waals surface area contributed by atoms with E-state index in [4.69, 9.17) is 9.47 Å². The van der Waals surface area contributed by atoms with Gasteiger partial charge in [-0.25, -0.2) is 8.42 Å². The molecule has 0 saturated carbocycles. The third-order valence-corrected chi connectivity index (χ3v) is 3.92. The van der Waals surface area contributed by atoms with Crippen LogP contribution < -0.4 is 14.8 Å². The van der Waals surface area contributed by atoms with E-state index < -0.39 is 9.84 Å². The molecule has 1 rings (SSSR count). The highest BCUT2D eigenvalue weighted by atomic mass is 32.2. The van der Waals surface area contributed by atoms with Crippen molar-refractivity contribution in [3.8, 4) is 11.5 Å². The largest absolute Gasteiger partial charge is 0.497 e. The summed E-state index contributed by atoms with van der Waals surface area (Å²) in [5, 5.41) is 3.34. The first-order valence-electron chi connectivity index (χ1n) is 7.02. The molecule has 1 aromatic rings. The van der Waals surface area contributed by atoms with Gasteiger partial charge in [-0.3, -0.25) is 0 Å². The van der Waals surface area contributed by atoms with Gasteiger partial charge in [0.15, 0.2) is 0 Å². The van der Waals surface area contributed by atoms with E-state index >= 15 is 0 Å². The van der Waals surface area contributed by atoms with Gasteiger partial charge in [-0.1, -0.05) is 13.8 Å². The average molecular weight is 315 g/mol. The Labute approximate surface area is 127 Å². The highest BCUT2D eigenvalue weighted by Crippen LogP contribution is 2.24. The van der Waals surface area contributed by atoms with Crippen molar-refractivity contribution in [3.05, 3.63) is 23.8 Å². The number of ether oxygens (including phenoxy) is 2. The molecule has 120 valence electrons. The van der Waals surface area contributed by atoms with Crippen LogP contribution in [0.2, 0.25) is 0 Å². The highest BCUT2D eigenvalue weighted by molar-refractivity contribution is 7.90. The van der Waals surface area contributed by atoms with Crippen LogP contribution in [0.15, 0.2) is 18.2 Å². The van der Waals surface area contributed by atoms with Gasteiger partial charge in [0.25, 0.3) is 0 Å². The Kier molecular flexibility index (Phi) is 6.98. The van der Waals surface area contributed by atoms with E-state index in [1.54, 1.807) is 7.11 Å². The molecule has 0 aliphatic heterocycles. The van der Waals surface area contributed by atoms with Gasteiger partial charge in [-0.15, -0.1) is 0 Å². The first-order valence-corrected chi connectivity index (χ1v) is 9.08. The van der Waals surface area contributed by atoms with Gasteiger partial charge in [0.2, 0.25) is 0 Å². The average Bonchev–Trinajstić information content (AvgIpc) is 2.40. The molecule has 0 fully saturated rings. The van der Waals surface area contributed by atoms with Crippen LogP contribution in [0.4, 0.5) is 0 Å². The van der Waals surface area contributed by atoms with Crippen molar-refractivity contribution in [2.45, 2.75) is 32.9 Å². The van der Waals surface area contributed by atoms with E-state index in [2.05, 4.69) is 19.2 Å². The molecule has 0 aliphatic rings. The van der Waals surface area contributed by atoms with E-state index in [1.165, 1.54) is 6.26 Å². The molecule has 6 heteroatoms. The molecular formula is C15H25NO4S. The lowest BCUT2D eigenvalue weighted by Gasteiger charge is -2.15. The van der Waals surface area contributed by atoms with Gasteiger partial charge in [0.05, 0.1) is 19.5 Å². The molecule has 0 aliphatic carbocycles. The standard InChI is InChI=1S/C15H25NO4S/c1-12(2)16-11-13-10-14(19-3)6-7-15(13)20-8-5-9-21(4,17)18/h6-7,10,12,16H,5,8-9,11H2,1-4H3. The predicted octanol–water partition coefficient (Wildman–Crippen LogP) is 2.01. The maximum absolute atomic E-state index is 11.1. The smallest absolute Gasteiger partial charge is 0.147 e. The zero-order chi connectivity index (χ0) is 15.9. The van der Waals surface area contributed by atoms with Crippen molar-refractivity contribution in [2.75, 3.05) is 25.7 Å². The maximum atomic E-state index is 11.1. The van der Waals surface area contributed by atoms with Crippen molar-refractivity contribution >= 4 is 9.84 Å². The number of hydrogen-bond acceptors (Lipinski definition) is 5. The Morgan fingerprint density at radius 3 is 2.57 bits per heavy atom. The van der Waals surface area contributed by atoms with E-state index in [0.29, 0.717) is 25.6 Å². The highest BCUT2D eigenvalue weighted by Gasteiger charge is 2.08. The fraction of sp³-hybridized carbons (Fsp3) is 0.600. The van der Waals surface area contributed by atoms with Crippen LogP contribution in [0, 0.1) is 0 Å². The molecule has 5 nitrogen and oxygen atoms in total. The molecule has 21 heavy (non-hydrogen) atoms. The summed E-state index contributed by atoms with van der Waals surface area (Å²) in [5.74, 6) is 1.68. The number of sulfone groups is 1. The topological polar surface area (TPSA) is 64.6 Å². The lowest BCUT2D eigenvalue weighted by Crippen LogP contribution is -2.22. The number of hydrogen-bond donors (Lipinski definition) is 1. The van der Waals surface area contributed by atoms with E-state index in [0.717, 1.165) is 17.1 Å². The molecule has 1 N–H and O–H groups in total. The molecule has 0 bridgehead atoms. The molecule has 0 atom stereocenters. The molecule has 0 aromatic heterocycles. The van der Waals surface area contributed by atoms with Gasteiger partial charge in [0.1, 0.15) is 21.3 Å². The number of nitrogens with one attached hydrogen (secondary N) is 1. The number of rotatable bonds is 9. The van der Waals surface area contributed by atoms with Crippen LogP contribution in [-0.4, -0.2) is 40.2 Å². The maximum Gasteiger partial charge on any atom is 0.147 e. The fourth-order valence-corrected chi connectivity index (χ4v) is 2.42. The fourth-order valence-electron chi connectivity index (χ4n) is 1.78. The Balaban J connectivity index is 2.66. The lowest BCUT2D eigenvalue weighted by atomic mass is 10.1. The molecule has 0 unspecified atom stereocenters. The Morgan fingerprint density at radius 2 is 2.00 bits per heavy atom. The van der Waals surface area contributed by atoms with Crippen LogP contribution in [0.1, 0.15) is 25.8 Å². The normalized spacial score (nSPS) is 11.7. The molecule has 0 amide bonds. The van der Waals surface area contributed by atoms with Crippen LogP contribution in [0.5, 0.6) is 11.5 Å². The van der Waals surface area contributed by atoms with Gasteiger partial charge >= 0.3 is 0 Å². The van der Waals surface area contributed by atoms with E-state index in [1.807, 2.05) is 18.2 Å². The van der Waals surface area contributed by atoms with Crippen LogP contribution >= 0.6 is 0 Å². The summed E-state index contributed by atoms with van der Waals surface area (Å²) in [6.45, 7) is 5.21. The SMILES string of the molecule is COc1ccc(OCCCS(C)(=O)=O)c(CNC(C)C)c1. The molecule has 0 saturated heterocycles. The van der Waals surface area contributed by atoms with Crippen molar-refractivity contribution in [1.82, 2.24) is 5.32 Å². The van der Waals surface area contributed by atoms with Crippen molar-refractivity contribution in [2.24, 2.45) is 0 Å². The zero-order valence-electron chi connectivity index (χ0n) is 13.2. The lowest BCUT2D eigenvalue weighted by molar-refractivity contribution is 0.312. The Bertz CT molecular complexity index is 541. The van der Waals surface area contributed by atoms with Gasteiger partial charge in [-0.2, -0.15) is 0 Å². The quantitative estimate of drug-likeness (QED) is 0.706. The van der Waals surface area contributed by atoms with Crippen molar-refractivity contribution in [3.63, 3.8) is 0 Å². The Morgan fingerprint density at radius 1 is 1.29 bits per heavy atom. The second-order valence-electron chi connectivity index (χ2n) is 5.34. The third kappa shape index (κ3) is 7.34. The van der Waals surface area contributed by atoms with E-state index in [9.17, 15) is 8.42 Å². The second-order valence-corrected chi connectivity index (χ2v) is 7.60. The Hall–Kier alpha value is -1.27. The molecule has 0 heterocycles. The summed E-state index contributed by atoms with van der Waals surface area (Å²) in [4.78, 5) is 0. The summed E-state index contributed by atoms with van der Waals surface area (Å²) in [6, 6.07) is 6.00. The number of methoxy groups -OCH3 is 1. The first-order chi connectivity index (χ1) is 9.81. The van der Waals surface area contributed by atoms with Gasteiger partial charge < -0.3 is 14.8 Å². The van der Waals surface area contributed by atoms with Gasteiger partial charge in [0, 0.05) is 24.4 Å². The monoisotopic (exact) mass is 315 g/mol. The molecule has 0 radical (unpaired) electrons. The summed E-state index contributed by atoms with van der Waals surface area (Å²) >= 11 is 0. The minimum absolute atomic E-state index is 0.142. The number of benzene rings is 1. The van der Waals surface area contributed by atoms with E-state index in [-0.39, 0.29) is 5.75 Å². The first kappa shape index (κ1) is 17.8. The van der Waals surface area contributed by atoms with Gasteiger partial charge in [-0.05, 0) is 24.6 Å². The van der Waals surface area contributed by atoms with Crippen LogP contribution in [0.3, 0.4) is 0 Å². The predicted molar refractivity (Wildman–Crippen MR) is 84.8 cm³/mol. The minimum Gasteiger partial charge on any atom is -0.497 e. The summed E-state index contributed by atoms with van der Waals surface area (Å²) in [7, 11) is -1.31. The molecule has 0 spiro atoms. The van der Waals surface area contributed by atoms with Crippen molar-refractivity contribution < 1.29 is 17.9 Å². The summed E-state index contributed by atoms with van der Waals surface area (Å²) < 4.78 is 33.1. The molecule has 1 aromatic carbocycles. The summed E-state index contributed by atoms with van der Waals surface area (Å²) in [6.07, 6.45) is 1.72. The third-order valence-electron chi connectivity index (χ3n) is 2.89. The minimum atomic E-state index is -2.93. The van der Waals surface area contributed by atoms with Crippen LogP contribution in [0.25, 0.3) is 0 Å². The summed E-state index contributed by atoms with van der Waals surface area (Å²) in [5.41, 5.74) is 1.00. The van der Waals surface area contributed by atoms with Crippen LogP contribution in [-0.2, 0) is 16.4 Å². The molecular weight excluding hydrogens is 290 g/mol.